The molecule has 0 spiro atoms. The highest BCUT2D eigenvalue weighted by molar-refractivity contribution is 5.88. The summed E-state index contributed by atoms with van der Waals surface area (Å²) in [6, 6.07) is 7.21. The maximum Gasteiger partial charge on any atom is 0.234 e. The van der Waals surface area contributed by atoms with Crippen LogP contribution in [0.5, 0.6) is 0 Å². The third kappa shape index (κ3) is 5.55. The van der Waals surface area contributed by atoms with Crippen molar-refractivity contribution in [3.05, 3.63) is 29.8 Å². The molecule has 20 heavy (non-hydrogen) atoms. The Kier molecular flexibility index (Phi) is 6.27. The molecule has 5 heteroatoms. The maximum atomic E-state index is 11.7. The van der Waals surface area contributed by atoms with Gasteiger partial charge < -0.3 is 10.6 Å². The largest absolute Gasteiger partial charge is 0.348 e. The number of hydrogen-bond acceptors (Lipinski definition) is 3. The van der Waals surface area contributed by atoms with Crippen LogP contribution in [0.3, 0.4) is 0 Å². The van der Waals surface area contributed by atoms with Crippen molar-refractivity contribution < 1.29 is 9.59 Å². The average molecular weight is 273 g/mol. The van der Waals surface area contributed by atoms with E-state index in [0.29, 0.717) is 12.2 Å². The van der Waals surface area contributed by atoms with E-state index >= 15 is 0 Å². The first-order chi connectivity index (χ1) is 9.52. The Balaban J connectivity index is 2.58. The van der Waals surface area contributed by atoms with Crippen LogP contribution in [0, 0.1) is 12.3 Å². The van der Waals surface area contributed by atoms with Gasteiger partial charge >= 0.3 is 0 Å². The quantitative estimate of drug-likeness (QED) is 0.536. The summed E-state index contributed by atoms with van der Waals surface area (Å²) >= 11 is 0. The van der Waals surface area contributed by atoms with Crippen LogP contribution in [0.1, 0.15) is 25.5 Å². The van der Waals surface area contributed by atoms with Crippen LogP contribution in [0.2, 0.25) is 0 Å². The molecule has 0 heterocycles. The van der Waals surface area contributed by atoms with Crippen molar-refractivity contribution in [2.75, 3.05) is 18.4 Å². The van der Waals surface area contributed by atoms with Crippen molar-refractivity contribution in [2.24, 2.45) is 0 Å². The van der Waals surface area contributed by atoms with Crippen molar-refractivity contribution in [3.63, 3.8) is 0 Å². The van der Waals surface area contributed by atoms with Gasteiger partial charge in [-0.05, 0) is 24.6 Å². The van der Waals surface area contributed by atoms with E-state index in [-0.39, 0.29) is 24.4 Å². The number of terminal acetylenes is 1. The summed E-state index contributed by atoms with van der Waals surface area (Å²) in [5, 5.41) is 8.39. The number of carbonyl (C=O) groups excluding carboxylic acids is 2. The smallest absolute Gasteiger partial charge is 0.234 e. The van der Waals surface area contributed by atoms with Gasteiger partial charge in [0.15, 0.2) is 0 Å². The molecule has 1 atom stereocenters. The van der Waals surface area contributed by atoms with Gasteiger partial charge in [0.1, 0.15) is 0 Å². The average Bonchev–Trinajstić information content (AvgIpc) is 2.38. The van der Waals surface area contributed by atoms with Crippen molar-refractivity contribution in [3.8, 4) is 12.3 Å². The van der Waals surface area contributed by atoms with E-state index in [1.54, 1.807) is 6.07 Å². The summed E-state index contributed by atoms with van der Waals surface area (Å²) in [7, 11) is 0. The van der Waals surface area contributed by atoms with E-state index in [1.165, 1.54) is 6.92 Å². The minimum absolute atomic E-state index is 0.127. The van der Waals surface area contributed by atoms with E-state index in [4.69, 9.17) is 6.42 Å². The molecular weight excluding hydrogens is 254 g/mol. The van der Waals surface area contributed by atoms with Gasteiger partial charge in [0.2, 0.25) is 11.8 Å². The van der Waals surface area contributed by atoms with Crippen molar-refractivity contribution in [2.45, 2.75) is 19.9 Å². The first kappa shape index (κ1) is 15.7. The van der Waals surface area contributed by atoms with Crippen molar-refractivity contribution in [1.29, 1.82) is 0 Å². The normalized spacial score (nSPS) is 11.2. The highest BCUT2D eigenvalue weighted by Gasteiger charge is 2.09. The van der Waals surface area contributed by atoms with Gasteiger partial charge in [-0.25, -0.2) is 0 Å². The summed E-state index contributed by atoms with van der Waals surface area (Å²) in [5.41, 5.74) is 1.63. The zero-order valence-corrected chi connectivity index (χ0v) is 11.7. The fraction of sp³-hybridized carbons (Fsp3) is 0.333. The Morgan fingerprint density at radius 2 is 2.15 bits per heavy atom. The number of anilines is 1. The SMILES string of the molecule is C#CCNCC(=O)NC(C)c1cccc(NC(C)=O)c1. The predicted molar refractivity (Wildman–Crippen MR) is 79.0 cm³/mol. The number of amides is 2. The van der Waals surface area contributed by atoms with Gasteiger partial charge in [-0.3, -0.25) is 14.9 Å². The minimum atomic E-state index is -0.149. The number of rotatable bonds is 6. The first-order valence-corrected chi connectivity index (χ1v) is 6.34. The molecule has 5 nitrogen and oxygen atoms in total. The second kappa shape index (κ2) is 7.97. The monoisotopic (exact) mass is 273 g/mol. The molecular formula is C15H19N3O2. The zero-order valence-electron chi connectivity index (χ0n) is 11.7. The number of hydrogen-bond donors (Lipinski definition) is 3. The standard InChI is InChI=1S/C15H19N3O2/c1-4-8-16-10-15(20)17-11(2)13-6-5-7-14(9-13)18-12(3)19/h1,5-7,9,11,16H,8,10H2,2-3H3,(H,17,20)(H,18,19). The zero-order chi connectivity index (χ0) is 15.0. The van der Waals surface area contributed by atoms with E-state index in [2.05, 4.69) is 21.9 Å². The Labute approximate surface area is 119 Å². The molecule has 0 aliphatic heterocycles. The molecule has 0 aromatic heterocycles. The lowest BCUT2D eigenvalue weighted by Gasteiger charge is -2.15. The van der Waals surface area contributed by atoms with Crippen LogP contribution in [0.4, 0.5) is 5.69 Å². The Hall–Kier alpha value is -2.32. The first-order valence-electron chi connectivity index (χ1n) is 6.34. The van der Waals surface area contributed by atoms with Crippen LogP contribution >= 0.6 is 0 Å². The van der Waals surface area contributed by atoms with E-state index in [0.717, 1.165) is 5.56 Å². The fourth-order valence-corrected chi connectivity index (χ4v) is 1.71. The van der Waals surface area contributed by atoms with Crippen LogP contribution in [0.25, 0.3) is 0 Å². The lowest BCUT2D eigenvalue weighted by atomic mass is 10.1. The molecule has 0 aliphatic carbocycles. The Morgan fingerprint density at radius 1 is 1.40 bits per heavy atom. The molecule has 2 amide bonds. The Morgan fingerprint density at radius 3 is 2.80 bits per heavy atom. The van der Waals surface area contributed by atoms with Gasteiger partial charge in [-0.15, -0.1) is 6.42 Å². The molecule has 1 aromatic carbocycles. The van der Waals surface area contributed by atoms with Gasteiger partial charge in [0.05, 0.1) is 19.1 Å². The van der Waals surface area contributed by atoms with Gasteiger partial charge in [0, 0.05) is 12.6 Å². The number of nitrogens with one attached hydrogen (secondary N) is 3. The maximum absolute atomic E-state index is 11.7. The molecule has 0 bridgehead atoms. The molecule has 1 rings (SSSR count). The van der Waals surface area contributed by atoms with E-state index in [9.17, 15) is 9.59 Å². The van der Waals surface area contributed by atoms with E-state index in [1.807, 2.05) is 25.1 Å². The van der Waals surface area contributed by atoms with Crippen molar-refractivity contribution in [1.82, 2.24) is 10.6 Å². The van der Waals surface area contributed by atoms with Gasteiger partial charge in [0.25, 0.3) is 0 Å². The van der Waals surface area contributed by atoms with Crippen LogP contribution < -0.4 is 16.0 Å². The number of carbonyl (C=O) groups is 2. The van der Waals surface area contributed by atoms with Crippen molar-refractivity contribution >= 4 is 17.5 Å². The van der Waals surface area contributed by atoms with E-state index < -0.39 is 0 Å². The molecule has 0 fully saturated rings. The second-order valence-electron chi connectivity index (χ2n) is 4.40. The molecule has 0 saturated carbocycles. The van der Waals surface area contributed by atoms with Gasteiger partial charge in [-0.1, -0.05) is 18.1 Å². The molecule has 106 valence electrons. The molecule has 0 saturated heterocycles. The summed E-state index contributed by atoms with van der Waals surface area (Å²) in [6.45, 7) is 3.88. The lowest BCUT2D eigenvalue weighted by Crippen LogP contribution is -2.35. The van der Waals surface area contributed by atoms with Gasteiger partial charge in [-0.2, -0.15) is 0 Å². The molecule has 0 radical (unpaired) electrons. The Bertz CT molecular complexity index is 520. The minimum Gasteiger partial charge on any atom is -0.348 e. The second-order valence-corrected chi connectivity index (χ2v) is 4.40. The fourth-order valence-electron chi connectivity index (χ4n) is 1.71. The molecule has 3 N–H and O–H groups in total. The van der Waals surface area contributed by atoms with Crippen LogP contribution in [0.15, 0.2) is 24.3 Å². The number of benzene rings is 1. The molecule has 0 aliphatic rings. The summed E-state index contributed by atoms with van der Waals surface area (Å²) in [5.74, 6) is 2.15. The van der Waals surface area contributed by atoms with Crippen LogP contribution in [-0.2, 0) is 9.59 Å². The third-order valence-corrected chi connectivity index (χ3v) is 2.60. The topological polar surface area (TPSA) is 70.2 Å². The lowest BCUT2D eigenvalue weighted by molar-refractivity contribution is -0.120. The molecule has 1 aromatic rings. The highest BCUT2D eigenvalue weighted by Crippen LogP contribution is 2.17. The third-order valence-electron chi connectivity index (χ3n) is 2.60. The highest BCUT2D eigenvalue weighted by atomic mass is 16.2. The predicted octanol–water partition coefficient (Wildman–Crippen LogP) is 1.04. The summed E-state index contributed by atoms with van der Waals surface area (Å²) in [6.07, 6.45) is 5.08. The summed E-state index contributed by atoms with van der Waals surface area (Å²) < 4.78 is 0. The molecule has 1 unspecified atom stereocenters. The van der Waals surface area contributed by atoms with Crippen LogP contribution in [-0.4, -0.2) is 24.9 Å². The summed E-state index contributed by atoms with van der Waals surface area (Å²) in [4.78, 5) is 22.7.